The molecule has 1 N–H and O–H groups in total. The predicted octanol–water partition coefficient (Wildman–Crippen LogP) is 2.86. The van der Waals surface area contributed by atoms with Crippen LogP contribution in [0.3, 0.4) is 0 Å². The van der Waals surface area contributed by atoms with Crippen LogP contribution in [0.25, 0.3) is 0 Å². The molecular formula is C15H19N3O3. The number of furan rings is 1. The number of rotatable bonds is 5. The molecule has 6 nitrogen and oxygen atoms in total. The number of carbonyl (C=O) groups excluding carboxylic acids is 1. The minimum absolute atomic E-state index is 0.107. The van der Waals surface area contributed by atoms with Gasteiger partial charge >= 0.3 is 0 Å². The summed E-state index contributed by atoms with van der Waals surface area (Å²) in [7, 11) is 0. The summed E-state index contributed by atoms with van der Waals surface area (Å²) in [6.07, 6.45) is 0.107. The molecular weight excluding hydrogens is 270 g/mol. The SMILES string of the molecule is Cc1cc(C)nc(NC(=O)c2ccc(COC(C)C)o2)n1. The van der Waals surface area contributed by atoms with Crippen molar-refractivity contribution in [3.63, 3.8) is 0 Å². The standard InChI is InChI=1S/C15H19N3O3/c1-9(2)20-8-12-5-6-13(21-12)14(19)18-15-16-10(3)7-11(4)17-15/h5-7,9H,8H2,1-4H3,(H,16,17,18,19). The molecule has 1 amide bonds. The van der Waals surface area contributed by atoms with Gasteiger partial charge in [0.05, 0.1) is 6.10 Å². The van der Waals surface area contributed by atoms with Crippen LogP contribution in [0.4, 0.5) is 5.95 Å². The third-order valence-electron chi connectivity index (χ3n) is 2.65. The highest BCUT2D eigenvalue weighted by molar-refractivity contribution is 6.01. The van der Waals surface area contributed by atoms with E-state index in [0.29, 0.717) is 12.4 Å². The lowest BCUT2D eigenvalue weighted by Crippen LogP contribution is -2.14. The summed E-state index contributed by atoms with van der Waals surface area (Å²) in [4.78, 5) is 20.4. The third kappa shape index (κ3) is 4.39. The second kappa shape index (κ2) is 6.49. The molecule has 0 aliphatic rings. The second-order valence-corrected chi connectivity index (χ2v) is 5.05. The molecule has 21 heavy (non-hydrogen) atoms. The molecule has 112 valence electrons. The van der Waals surface area contributed by atoms with Crippen LogP contribution >= 0.6 is 0 Å². The van der Waals surface area contributed by atoms with Gasteiger partial charge in [-0.2, -0.15) is 0 Å². The fourth-order valence-electron chi connectivity index (χ4n) is 1.77. The number of ether oxygens (including phenoxy) is 1. The van der Waals surface area contributed by atoms with Crippen molar-refractivity contribution in [2.45, 2.75) is 40.4 Å². The quantitative estimate of drug-likeness (QED) is 0.915. The number of aromatic nitrogens is 2. The van der Waals surface area contributed by atoms with E-state index in [1.807, 2.05) is 33.8 Å². The maximum Gasteiger partial charge on any atom is 0.293 e. The van der Waals surface area contributed by atoms with Gasteiger partial charge in [-0.3, -0.25) is 10.1 Å². The Kier molecular flexibility index (Phi) is 4.70. The van der Waals surface area contributed by atoms with Gasteiger partial charge in [0.1, 0.15) is 12.4 Å². The molecule has 0 bridgehead atoms. The van der Waals surface area contributed by atoms with Crippen LogP contribution in [-0.2, 0) is 11.3 Å². The summed E-state index contributed by atoms with van der Waals surface area (Å²) in [5, 5.41) is 2.62. The Hall–Kier alpha value is -2.21. The zero-order valence-electron chi connectivity index (χ0n) is 12.6. The number of amides is 1. The lowest BCUT2D eigenvalue weighted by Gasteiger charge is -2.05. The van der Waals surface area contributed by atoms with Gasteiger partial charge in [0.25, 0.3) is 5.91 Å². The first-order valence-corrected chi connectivity index (χ1v) is 6.78. The van der Waals surface area contributed by atoms with Crippen molar-refractivity contribution in [1.29, 1.82) is 0 Å². The van der Waals surface area contributed by atoms with Crippen molar-refractivity contribution in [3.8, 4) is 0 Å². The van der Waals surface area contributed by atoms with Gasteiger partial charge < -0.3 is 9.15 Å². The van der Waals surface area contributed by atoms with E-state index in [1.165, 1.54) is 0 Å². The van der Waals surface area contributed by atoms with Gasteiger partial charge in [-0.15, -0.1) is 0 Å². The van der Waals surface area contributed by atoms with Gasteiger partial charge in [-0.25, -0.2) is 9.97 Å². The molecule has 2 heterocycles. The Labute approximate surface area is 123 Å². The molecule has 0 saturated carbocycles. The fraction of sp³-hybridized carbons (Fsp3) is 0.400. The number of anilines is 1. The van der Waals surface area contributed by atoms with E-state index in [2.05, 4.69) is 15.3 Å². The number of nitrogens with one attached hydrogen (secondary N) is 1. The Morgan fingerprint density at radius 1 is 1.29 bits per heavy atom. The third-order valence-corrected chi connectivity index (χ3v) is 2.65. The highest BCUT2D eigenvalue weighted by Crippen LogP contribution is 2.12. The van der Waals surface area contributed by atoms with E-state index >= 15 is 0 Å². The van der Waals surface area contributed by atoms with E-state index in [1.54, 1.807) is 12.1 Å². The molecule has 0 radical (unpaired) electrons. The van der Waals surface area contributed by atoms with Crippen molar-refractivity contribution < 1.29 is 13.9 Å². The average Bonchev–Trinajstić information content (AvgIpc) is 2.83. The van der Waals surface area contributed by atoms with Crippen molar-refractivity contribution in [3.05, 3.63) is 41.1 Å². The molecule has 0 unspecified atom stereocenters. The number of nitrogens with zero attached hydrogens (tertiary/aromatic N) is 2. The second-order valence-electron chi connectivity index (χ2n) is 5.05. The molecule has 0 aliphatic carbocycles. The van der Waals surface area contributed by atoms with Crippen molar-refractivity contribution in [2.75, 3.05) is 5.32 Å². The first-order valence-electron chi connectivity index (χ1n) is 6.78. The largest absolute Gasteiger partial charge is 0.453 e. The Morgan fingerprint density at radius 3 is 2.57 bits per heavy atom. The van der Waals surface area contributed by atoms with Crippen LogP contribution in [0, 0.1) is 13.8 Å². The van der Waals surface area contributed by atoms with E-state index in [-0.39, 0.29) is 23.7 Å². The van der Waals surface area contributed by atoms with Gasteiger partial charge in [0.2, 0.25) is 5.95 Å². The van der Waals surface area contributed by atoms with Crippen LogP contribution in [0.2, 0.25) is 0 Å². The fourth-order valence-corrected chi connectivity index (χ4v) is 1.77. The predicted molar refractivity (Wildman–Crippen MR) is 78.1 cm³/mol. The Balaban J connectivity index is 2.03. The first-order chi connectivity index (χ1) is 9.94. The molecule has 0 aromatic carbocycles. The van der Waals surface area contributed by atoms with Crippen molar-refractivity contribution in [1.82, 2.24) is 9.97 Å². The summed E-state index contributed by atoms with van der Waals surface area (Å²) in [5.74, 6) is 0.708. The monoisotopic (exact) mass is 289 g/mol. The lowest BCUT2D eigenvalue weighted by atomic mass is 10.3. The zero-order valence-corrected chi connectivity index (χ0v) is 12.6. The van der Waals surface area contributed by atoms with E-state index in [0.717, 1.165) is 11.4 Å². The molecule has 2 rings (SSSR count). The zero-order chi connectivity index (χ0) is 15.4. The molecule has 0 atom stereocenters. The van der Waals surface area contributed by atoms with E-state index in [9.17, 15) is 4.79 Å². The summed E-state index contributed by atoms with van der Waals surface area (Å²) in [6, 6.07) is 5.17. The molecule has 0 spiro atoms. The Bertz CT molecular complexity index is 615. The van der Waals surface area contributed by atoms with E-state index in [4.69, 9.17) is 9.15 Å². The summed E-state index contributed by atoms with van der Waals surface area (Å²) in [6.45, 7) is 7.91. The smallest absolute Gasteiger partial charge is 0.293 e. The van der Waals surface area contributed by atoms with E-state index < -0.39 is 0 Å². The van der Waals surface area contributed by atoms with Crippen molar-refractivity contribution in [2.24, 2.45) is 0 Å². The van der Waals surface area contributed by atoms with Crippen molar-refractivity contribution >= 4 is 11.9 Å². The maximum atomic E-state index is 12.1. The van der Waals surface area contributed by atoms with Crippen LogP contribution in [0.1, 0.15) is 41.6 Å². The molecule has 0 aliphatic heterocycles. The van der Waals surface area contributed by atoms with Gasteiger partial charge in [0.15, 0.2) is 5.76 Å². The summed E-state index contributed by atoms with van der Waals surface area (Å²) in [5.41, 5.74) is 1.59. The van der Waals surface area contributed by atoms with Gasteiger partial charge in [0, 0.05) is 11.4 Å². The number of hydrogen-bond acceptors (Lipinski definition) is 5. The average molecular weight is 289 g/mol. The first kappa shape index (κ1) is 15.2. The molecule has 6 heteroatoms. The lowest BCUT2D eigenvalue weighted by molar-refractivity contribution is 0.0537. The molecule has 0 fully saturated rings. The number of carbonyl (C=O) groups is 1. The topological polar surface area (TPSA) is 77.2 Å². The summed E-state index contributed by atoms with van der Waals surface area (Å²) < 4.78 is 10.9. The molecule has 0 saturated heterocycles. The summed E-state index contributed by atoms with van der Waals surface area (Å²) >= 11 is 0. The highest BCUT2D eigenvalue weighted by Gasteiger charge is 2.13. The van der Waals surface area contributed by atoms with Crippen LogP contribution < -0.4 is 5.32 Å². The maximum absolute atomic E-state index is 12.1. The Morgan fingerprint density at radius 2 is 1.95 bits per heavy atom. The van der Waals surface area contributed by atoms with Gasteiger partial charge in [-0.1, -0.05) is 0 Å². The number of aryl methyl sites for hydroxylation is 2. The minimum Gasteiger partial charge on any atom is -0.453 e. The van der Waals surface area contributed by atoms with Gasteiger partial charge in [-0.05, 0) is 45.9 Å². The van der Waals surface area contributed by atoms with Crippen LogP contribution in [-0.4, -0.2) is 22.0 Å². The molecule has 2 aromatic rings. The molecule has 2 aromatic heterocycles. The van der Waals surface area contributed by atoms with Crippen LogP contribution in [0.15, 0.2) is 22.6 Å². The minimum atomic E-state index is -0.379. The van der Waals surface area contributed by atoms with Crippen LogP contribution in [0.5, 0.6) is 0 Å². The number of hydrogen-bond donors (Lipinski definition) is 1. The highest BCUT2D eigenvalue weighted by atomic mass is 16.5. The normalized spacial score (nSPS) is 10.9.